The van der Waals surface area contributed by atoms with Crippen molar-refractivity contribution in [3.63, 3.8) is 0 Å². The van der Waals surface area contributed by atoms with Crippen molar-refractivity contribution in [1.29, 1.82) is 0 Å². The van der Waals surface area contributed by atoms with E-state index in [2.05, 4.69) is 147 Å². The molecular weight excluding hydrogens is 600 g/mol. The molecule has 0 aliphatic heterocycles. The number of benzene rings is 7. The molecule has 8 aromatic rings. The summed E-state index contributed by atoms with van der Waals surface area (Å²) in [6.07, 6.45) is 0. The van der Waals surface area contributed by atoms with E-state index in [1.54, 1.807) is 15.7 Å². The van der Waals surface area contributed by atoms with Gasteiger partial charge in [-0.3, -0.25) is 4.57 Å². The Balaban J connectivity index is 1.29. The van der Waals surface area contributed by atoms with E-state index in [0.29, 0.717) is 5.82 Å². The lowest BCUT2D eigenvalue weighted by Gasteiger charge is -2.21. The fraction of sp³-hybridized carbons (Fsp3) is 0.0250. The maximum atomic E-state index is 11.1. The van der Waals surface area contributed by atoms with Crippen molar-refractivity contribution in [2.75, 3.05) is 0 Å². The highest BCUT2D eigenvalue weighted by Crippen LogP contribution is 2.44. The maximum Gasteiger partial charge on any atom is 0.141 e. The van der Waals surface area contributed by atoms with Crippen LogP contribution in [0, 0.1) is 0 Å². The molecule has 0 aliphatic rings. The van der Waals surface area contributed by atoms with Crippen molar-refractivity contribution >= 4 is 115 Å². The van der Waals surface area contributed by atoms with Gasteiger partial charge in [-0.25, -0.2) is 4.98 Å². The Labute approximate surface area is 300 Å². The summed E-state index contributed by atoms with van der Waals surface area (Å²) in [7, 11) is 14.8. The summed E-state index contributed by atoms with van der Waals surface area (Å²) in [5.74, 6) is 0.621. The normalized spacial score (nSPS) is 11.9. The molecule has 0 spiro atoms. The molecule has 0 radical (unpaired) electrons. The van der Waals surface area contributed by atoms with E-state index in [-0.39, 0.29) is 0 Å². The summed E-state index contributed by atoms with van der Waals surface area (Å²) in [5, 5.41) is 14.9. The van der Waals surface area contributed by atoms with Crippen molar-refractivity contribution < 1.29 is 5.11 Å². The van der Waals surface area contributed by atoms with Crippen LogP contribution in [0.5, 0.6) is 0 Å². The Morgan fingerprint density at radius 1 is 0.460 bits per heavy atom. The van der Waals surface area contributed by atoms with Crippen molar-refractivity contribution in [1.82, 2.24) is 9.55 Å². The second-order valence-electron chi connectivity index (χ2n) is 14.3. The van der Waals surface area contributed by atoms with Crippen LogP contribution < -0.4 is 27.3 Å². The Morgan fingerprint density at radius 2 is 0.840 bits per heavy atom. The molecule has 0 fully saturated rings. The van der Waals surface area contributed by atoms with Gasteiger partial charge in [-0.15, -0.1) is 16.4 Å². The molecule has 0 amide bonds. The molecule has 7 aromatic carbocycles. The topological polar surface area (TPSA) is 38.0 Å². The number of imidazole rings is 1. The molecule has 0 saturated heterocycles. The van der Waals surface area contributed by atoms with E-state index in [1.807, 2.05) is 18.2 Å². The van der Waals surface area contributed by atoms with Gasteiger partial charge < -0.3 is 5.11 Å². The van der Waals surface area contributed by atoms with Gasteiger partial charge in [0.15, 0.2) is 0 Å². The number of aromatic nitrogens is 2. The Bertz CT molecular complexity index is 2540. The van der Waals surface area contributed by atoms with Gasteiger partial charge >= 0.3 is 0 Å². The van der Waals surface area contributed by atoms with Crippen LogP contribution in [0.2, 0.25) is 0 Å². The molecule has 0 atom stereocenters. The predicted octanol–water partition coefficient (Wildman–Crippen LogP) is -1.01. The first-order valence-corrected chi connectivity index (χ1v) is 17.5. The monoisotopic (exact) mass is 636 g/mol. The van der Waals surface area contributed by atoms with Gasteiger partial charge in [-0.2, -0.15) is 0 Å². The van der Waals surface area contributed by atoms with Crippen molar-refractivity contribution in [3.8, 4) is 39.1 Å². The largest absolute Gasteiger partial charge is 0.400 e. The van der Waals surface area contributed by atoms with E-state index in [9.17, 15) is 5.11 Å². The Morgan fingerprint density at radius 3 is 1.30 bits per heavy atom. The van der Waals surface area contributed by atoms with E-state index < -0.39 is 5.40 Å². The zero-order valence-electron chi connectivity index (χ0n) is 29.9. The highest BCUT2D eigenvalue weighted by atomic mass is 16.3. The smallest absolute Gasteiger partial charge is 0.141 e. The summed E-state index contributed by atoms with van der Waals surface area (Å²) >= 11 is 0. The summed E-state index contributed by atoms with van der Waals surface area (Å²) in [6.45, 7) is 0. The van der Waals surface area contributed by atoms with Crippen LogP contribution >= 0.6 is 0 Å². The van der Waals surface area contributed by atoms with Crippen LogP contribution in [0.15, 0.2) is 121 Å². The molecule has 0 bridgehead atoms. The lowest BCUT2D eigenvalue weighted by molar-refractivity contribution is 0.205. The third-order valence-corrected chi connectivity index (χ3v) is 10.9. The standard InChI is InChI=1S/C40H35B7N2O/c41-34-33(35(42)37(44)38(45)36(34)43)23-15-13-21(14-16-23)31-25-7-1-3-9-27(25)32(28-10-4-2-8-26(28)31)22-17-19-24(20-18-22)49-30-12-6-5-11-29(30)48-39(49)40(46,47)50/h1-20,50H,41-47H2. The Hall–Kier alpha value is -5.06. The van der Waals surface area contributed by atoms with Gasteiger partial charge in [0.05, 0.1) is 16.4 Å². The van der Waals surface area contributed by atoms with Gasteiger partial charge in [-0.05, 0) is 79.2 Å². The van der Waals surface area contributed by atoms with Gasteiger partial charge in [0.25, 0.3) is 0 Å². The first-order valence-electron chi connectivity index (χ1n) is 17.5. The highest BCUT2D eigenvalue weighted by molar-refractivity contribution is 6.68. The van der Waals surface area contributed by atoms with Gasteiger partial charge in [0.2, 0.25) is 0 Å². The number of rotatable bonds is 5. The van der Waals surface area contributed by atoms with Crippen LogP contribution in [-0.2, 0) is 5.40 Å². The molecule has 0 unspecified atom stereocenters. The lowest BCUT2D eigenvalue weighted by Crippen LogP contribution is -2.55. The second-order valence-corrected chi connectivity index (χ2v) is 14.3. The predicted molar refractivity (Wildman–Crippen MR) is 234 cm³/mol. The number of hydrogen-bond donors (Lipinski definition) is 1. The third kappa shape index (κ3) is 5.08. The number of aliphatic hydroxyl groups is 1. The van der Waals surface area contributed by atoms with E-state index in [0.717, 1.165) is 22.3 Å². The third-order valence-electron chi connectivity index (χ3n) is 10.9. The molecule has 1 heterocycles. The number of para-hydroxylation sites is 2. The summed E-state index contributed by atoms with van der Waals surface area (Å²) in [5.41, 5.74) is 17.1. The first kappa shape index (κ1) is 32.2. The van der Waals surface area contributed by atoms with E-state index in [1.165, 1.54) is 76.7 Å². The molecule has 50 heavy (non-hydrogen) atoms. The van der Waals surface area contributed by atoms with Gasteiger partial charge in [0.1, 0.15) is 60.7 Å². The fourth-order valence-corrected chi connectivity index (χ4v) is 7.96. The second kappa shape index (κ2) is 12.1. The van der Waals surface area contributed by atoms with Crippen LogP contribution in [0.1, 0.15) is 5.82 Å². The Kier molecular flexibility index (Phi) is 7.76. The van der Waals surface area contributed by atoms with Crippen molar-refractivity contribution in [3.05, 3.63) is 127 Å². The summed E-state index contributed by atoms with van der Waals surface area (Å²) in [4.78, 5) is 4.82. The zero-order valence-corrected chi connectivity index (χ0v) is 29.9. The minimum absolute atomic E-state index is 0.621. The molecule has 1 aromatic heterocycles. The van der Waals surface area contributed by atoms with Crippen LogP contribution in [0.3, 0.4) is 0 Å². The summed E-state index contributed by atoms with van der Waals surface area (Å²) in [6, 6.07) is 43.6. The van der Waals surface area contributed by atoms with Crippen molar-refractivity contribution in [2.45, 2.75) is 5.40 Å². The molecule has 0 aliphatic carbocycles. The first-order chi connectivity index (χ1) is 24.0. The molecule has 232 valence electrons. The average Bonchev–Trinajstić information content (AvgIpc) is 3.53. The molecular formula is C40H35B7N2O. The van der Waals surface area contributed by atoms with Crippen LogP contribution in [-0.4, -0.2) is 69.6 Å². The van der Waals surface area contributed by atoms with Gasteiger partial charge in [-0.1, -0.05) is 108 Å². The molecule has 0 saturated carbocycles. The lowest BCUT2D eigenvalue weighted by atomic mass is 9.59. The number of nitrogens with zero attached hydrogens (tertiary/aromatic N) is 2. The number of fused-ring (bicyclic) bond motifs is 3. The SMILES string of the molecule is Bc1c(B)c(B)c(-c2ccc(-c3c4ccccc4c(-c4ccc(-n5c(C(B)(B)O)nc6ccccc65)cc4)c4ccccc34)cc2)c(B)c1B. The number of hydrogen-bond acceptors (Lipinski definition) is 2. The van der Waals surface area contributed by atoms with Crippen molar-refractivity contribution in [2.24, 2.45) is 0 Å². The minimum Gasteiger partial charge on any atom is -0.400 e. The maximum absolute atomic E-state index is 11.1. The summed E-state index contributed by atoms with van der Waals surface area (Å²) < 4.78 is 2.07. The minimum atomic E-state index is -1.10. The fourth-order valence-electron chi connectivity index (χ4n) is 7.96. The highest BCUT2D eigenvalue weighted by Gasteiger charge is 2.26. The molecule has 1 N–H and O–H groups in total. The van der Waals surface area contributed by atoms with Crippen LogP contribution in [0.25, 0.3) is 71.6 Å². The van der Waals surface area contributed by atoms with E-state index in [4.69, 9.17) is 4.98 Å². The average molecular weight is 635 g/mol. The molecule has 10 heteroatoms. The molecule has 3 nitrogen and oxygen atoms in total. The van der Waals surface area contributed by atoms with Crippen LogP contribution in [0.4, 0.5) is 0 Å². The zero-order chi connectivity index (χ0) is 34.9. The van der Waals surface area contributed by atoms with E-state index >= 15 is 0 Å². The van der Waals surface area contributed by atoms with Gasteiger partial charge in [0, 0.05) is 5.69 Å². The molecule has 8 rings (SSSR count). The quantitative estimate of drug-likeness (QED) is 0.195.